The van der Waals surface area contributed by atoms with E-state index in [1.54, 1.807) is 13.2 Å². The largest absolute Gasteiger partial charge is 0.496 e. The molecule has 6 nitrogen and oxygen atoms in total. The van der Waals surface area contributed by atoms with Crippen LogP contribution < -0.4 is 15.4 Å². The van der Waals surface area contributed by atoms with Gasteiger partial charge in [-0.25, -0.2) is 9.97 Å². The molecule has 1 heterocycles. The number of carbonyl (C=O) groups excluding carboxylic acids is 1. The van der Waals surface area contributed by atoms with Crippen molar-refractivity contribution in [2.75, 3.05) is 25.5 Å². The average molecular weight is 356 g/mol. The first-order valence-electron chi connectivity index (χ1n) is 8.99. The van der Waals surface area contributed by atoms with Gasteiger partial charge in [-0.05, 0) is 43.4 Å². The molecule has 0 bridgehead atoms. The smallest absolute Gasteiger partial charge is 0.270 e. The van der Waals surface area contributed by atoms with Gasteiger partial charge in [0.2, 0.25) is 5.95 Å². The van der Waals surface area contributed by atoms with Crippen LogP contribution in [0.4, 0.5) is 5.95 Å². The Morgan fingerprint density at radius 2 is 1.96 bits per heavy atom. The summed E-state index contributed by atoms with van der Waals surface area (Å²) >= 11 is 0. The molecular formula is C20H28N4O2. The number of aryl methyl sites for hydroxylation is 1. The fourth-order valence-electron chi connectivity index (χ4n) is 2.55. The maximum absolute atomic E-state index is 12.3. The van der Waals surface area contributed by atoms with Gasteiger partial charge in [0.05, 0.1) is 7.11 Å². The fraction of sp³-hybridized carbons (Fsp3) is 0.450. The van der Waals surface area contributed by atoms with Gasteiger partial charge < -0.3 is 15.4 Å². The van der Waals surface area contributed by atoms with Crippen LogP contribution in [0.25, 0.3) is 0 Å². The third-order valence-electron chi connectivity index (χ3n) is 3.96. The minimum atomic E-state index is -0.163. The van der Waals surface area contributed by atoms with Crippen LogP contribution in [0.3, 0.4) is 0 Å². The zero-order valence-corrected chi connectivity index (χ0v) is 16.0. The van der Waals surface area contributed by atoms with E-state index in [1.807, 2.05) is 31.2 Å². The van der Waals surface area contributed by atoms with E-state index in [4.69, 9.17) is 4.74 Å². The molecule has 2 rings (SSSR count). The van der Waals surface area contributed by atoms with Crippen molar-refractivity contribution in [3.63, 3.8) is 0 Å². The second kappa shape index (κ2) is 9.75. The van der Waals surface area contributed by atoms with E-state index >= 15 is 0 Å². The number of hydrogen-bond acceptors (Lipinski definition) is 5. The van der Waals surface area contributed by atoms with Crippen LogP contribution in [-0.4, -0.2) is 36.1 Å². The predicted octanol–water partition coefficient (Wildman–Crippen LogP) is 3.22. The number of carbonyl (C=O) groups is 1. The molecule has 1 aromatic heterocycles. The molecule has 2 N–H and O–H groups in total. The topological polar surface area (TPSA) is 76.1 Å². The lowest BCUT2D eigenvalue weighted by Crippen LogP contribution is -2.26. The molecule has 26 heavy (non-hydrogen) atoms. The van der Waals surface area contributed by atoms with Crippen LogP contribution >= 0.6 is 0 Å². The molecule has 1 amide bonds. The molecule has 0 spiro atoms. The van der Waals surface area contributed by atoms with Crippen LogP contribution in [0, 0.1) is 12.8 Å². The summed E-state index contributed by atoms with van der Waals surface area (Å²) in [5, 5.41) is 6.11. The highest BCUT2D eigenvalue weighted by Crippen LogP contribution is 2.17. The number of ether oxygens (including phenoxy) is 1. The molecule has 6 heteroatoms. The standard InChI is InChI=1S/C20H28N4O2/c1-14(2)9-11-21-19(25)17-13-15(3)23-20(24-17)22-12-10-16-7-5-6-8-18(16)26-4/h5-8,13-14H,9-12H2,1-4H3,(H,21,25)(H,22,23,24). The Balaban J connectivity index is 1.95. The second-order valence-electron chi connectivity index (χ2n) is 6.65. The molecule has 2 aromatic rings. The van der Waals surface area contributed by atoms with Gasteiger partial charge in [-0.15, -0.1) is 0 Å². The highest BCUT2D eigenvalue weighted by molar-refractivity contribution is 5.92. The summed E-state index contributed by atoms with van der Waals surface area (Å²) in [5.74, 6) is 1.72. The third-order valence-corrected chi connectivity index (χ3v) is 3.96. The van der Waals surface area contributed by atoms with Gasteiger partial charge >= 0.3 is 0 Å². The normalized spacial score (nSPS) is 10.7. The van der Waals surface area contributed by atoms with Crippen LogP contribution in [0.5, 0.6) is 5.75 Å². The molecule has 0 saturated carbocycles. The van der Waals surface area contributed by atoms with E-state index in [1.165, 1.54) is 0 Å². The number of amides is 1. The van der Waals surface area contributed by atoms with Gasteiger partial charge in [0.15, 0.2) is 0 Å². The third kappa shape index (κ3) is 6.02. The summed E-state index contributed by atoms with van der Waals surface area (Å²) in [4.78, 5) is 21.0. The second-order valence-corrected chi connectivity index (χ2v) is 6.65. The first-order chi connectivity index (χ1) is 12.5. The maximum Gasteiger partial charge on any atom is 0.270 e. The predicted molar refractivity (Wildman–Crippen MR) is 104 cm³/mol. The quantitative estimate of drug-likeness (QED) is 0.721. The number of methoxy groups -OCH3 is 1. The van der Waals surface area contributed by atoms with E-state index in [0.29, 0.717) is 30.6 Å². The highest BCUT2D eigenvalue weighted by Gasteiger charge is 2.10. The van der Waals surface area contributed by atoms with Gasteiger partial charge in [-0.1, -0.05) is 32.0 Å². The van der Waals surface area contributed by atoms with Crippen molar-refractivity contribution in [2.24, 2.45) is 5.92 Å². The van der Waals surface area contributed by atoms with Gasteiger partial charge in [-0.3, -0.25) is 4.79 Å². The average Bonchev–Trinajstić information content (AvgIpc) is 2.61. The van der Waals surface area contributed by atoms with Gasteiger partial charge in [0.1, 0.15) is 11.4 Å². The number of anilines is 1. The fourth-order valence-corrected chi connectivity index (χ4v) is 2.55. The lowest BCUT2D eigenvalue weighted by molar-refractivity contribution is 0.0947. The summed E-state index contributed by atoms with van der Waals surface area (Å²) in [7, 11) is 1.67. The van der Waals surface area contributed by atoms with Crippen molar-refractivity contribution < 1.29 is 9.53 Å². The van der Waals surface area contributed by atoms with Gasteiger partial charge in [0, 0.05) is 18.8 Å². The number of benzene rings is 1. The zero-order chi connectivity index (χ0) is 18.9. The number of rotatable bonds is 9. The number of hydrogen-bond donors (Lipinski definition) is 2. The van der Waals surface area contributed by atoms with E-state index < -0.39 is 0 Å². The lowest BCUT2D eigenvalue weighted by Gasteiger charge is -2.11. The monoisotopic (exact) mass is 356 g/mol. The Morgan fingerprint density at radius 3 is 2.69 bits per heavy atom. The van der Waals surface area contributed by atoms with Crippen LogP contribution in [0.1, 0.15) is 42.0 Å². The van der Waals surface area contributed by atoms with E-state index in [2.05, 4.69) is 34.4 Å². The van der Waals surface area contributed by atoms with Crippen LogP contribution in [0.15, 0.2) is 30.3 Å². The molecule has 0 aliphatic heterocycles. The van der Waals surface area contributed by atoms with Gasteiger partial charge in [0.25, 0.3) is 5.91 Å². The minimum Gasteiger partial charge on any atom is -0.496 e. The zero-order valence-electron chi connectivity index (χ0n) is 16.0. The number of aromatic nitrogens is 2. The van der Waals surface area contributed by atoms with E-state index in [-0.39, 0.29) is 5.91 Å². The van der Waals surface area contributed by atoms with E-state index in [9.17, 15) is 4.79 Å². The molecule has 140 valence electrons. The number of nitrogens with one attached hydrogen (secondary N) is 2. The summed E-state index contributed by atoms with van der Waals surface area (Å²) in [6.07, 6.45) is 1.72. The summed E-state index contributed by atoms with van der Waals surface area (Å²) in [6, 6.07) is 9.61. The van der Waals surface area contributed by atoms with Crippen LogP contribution in [0.2, 0.25) is 0 Å². The summed E-state index contributed by atoms with van der Waals surface area (Å²) < 4.78 is 5.36. The molecular weight excluding hydrogens is 328 g/mol. The maximum atomic E-state index is 12.3. The van der Waals surface area contributed by atoms with E-state index in [0.717, 1.165) is 29.8 Å². The first-order valence-corrected chi connectivity index (χ1v) is 8.99. The van der Waals surface area contributed by atoms with Gasteiger partial charge in [-0.2, -0.15) is 0 Å². The molecule has 1 aromatic carbocycles. The molecule has 0 aliphatic carbocycles. The van der Waals surface area contributed by atoms with Crippen molar-refractivity contribution in [1.29, 1.82) is 0 Å². The van der Waals surface area contributed by atoms with Crippen molar-refractivity contribution in [3.05, 3.63) is 47.3 Å². The Hall–Kier alpha value is -2.63. The Labute approximate surface area is 155 Å². The molecule has 0 aliphatic rings. The Morgan fingerprint density at radius 1 is 1.19 bits per heavy atom. The molecule has 0 saturated heterocycles. The summed E-state index contributed by atoms with van der Waals surface area (Å²) in [5.41, 5.74) is 2.26. The SMILES string of the molecule is COc1ccccc1CCNc1nc(C)cc(C(=O)NCCC(C)C)n1. The number of para-hydroxylation sites is 1. The van der Waals surface area contributed by atoms with Crippen LogP contribution in [-0.2, 0) is 6.42 Å². The Kier molecular flexibility index (Phi) is 7.38. The molecule has 0 fully saturated rings. The van der Waals surface area contributed by atoms with Crippen molar-refractivity contribution in [2.45, 2.75) is 33.6 Å². The minimum absolute atomic E-state index is 0.163. The molecule has 0 atom stereocenters. The molecule has 0 radical (unpaired) electrons. The highest BCUT2D eigenvalue weighted by atomic mass is 16.5. The first kappa shape index (κ1) is 19.7. The van der Waals surface area contributed by atoms with Crippen molar-refractivity contribution in [1.82, 2.24) is 15.3 Å². The summed E-state index contributed by atoms with van der Waals surface area (Å²) in [6.45, 7) is 7.42. The number of nitrogens with zero attached hydrogens (tertiary/aromatic N) is 2. The molecule has 0 unspecified atom stereocenters. The van der Waals surface area contributed by atoms with Crippen molar-refractivity contribution in [3.8, 4) is 5.75 Å². The lowest BCUT2D eigenvalue weighted by atomic mass is 10.1. The Bertz CT molecular complexity index is 732. The van der Waals surface area contributed by atoms with Crippen molar-refractivity contribution >= 4 is 11.9 Å².